The van der Waals surface area contributed by atoms with Crippen LogP contribution in [0, 0.1) is 16.0 Å². The highest BCUT2D eigenvalue weighted by Crippen LogP contribution is 2.21. The summed E-state index contributed by atoms with van der Waals surface area (Å²) >= 11 is 0. The normalized spacial score (nSPS) is 20.8. The Bertz CT molecular complexity index is 464. The van der Waals surface area contributed by atoms with Crippen molar-refractivity contribution in [2.24, 2.45) is 5.92 Å². The summed E-state index contributed by atoms with van der Waals surface area (Å²) in [6.07, 6.45) is 0.742. The van der Waals surface area contributed by atoms with Gasteiger partial charge < -0.3 is 9.84 Å². The first kappa shape index (κ1) is 14.7. The van der Waals surface area contributed by atoms with E-state index in [4.69, 9.17) is 4.74 Å². The van der Waals surface area contributed by atoms with Crippen LogP contribution in [0.2, 0.25) is 0 Å². The number of aliphatic hydroxyl groups excluding tert-OH is 1. The zero-order valence-corrected chi connectivity index (χ0v) is 11.6. The lowest BCUT2D eigenvalue weighted by molar-refractivity contribution is -0.384. The van der Waals surface area contributed by atoms with E-state index in [1.807, 2.05) is 6.92 Å². The molecular weight excluding hydrogens is 260 g/mol. The van der Waals surface area contributed by atoms with Crippen LogP contribution in [-0.4, -0.2) is 47.3 Å². The van der Waals surface area contributed by atoms with E-state index in [0.717, 1.165) is 26.1 Å². The molecule has 110 valence electrons. The molecule has 0 bridgehead atoms. The van der Waals surface area contributed by atoms with Crippen molar-refractivity contribution in [3.63, 3.8) is 0 Å². The molecule has 0 aliphatic carbocycles. The van der Waals surface area contributed by atoms with Crippen LogP contribution in [0.4, 0.5) is 5.69 Å². The molecule has 1 aliphatic rings. The molecule has 0 spiro atoms. The van der Waals surface area contributed by atoms with E-state index in [9.17, 15) is 15.2 Å². The highest BCUT2D eigenvalue weighted by atomic mass is 16.6. The fourth-order valence-electron chi connectivity index (χ4n) is 2.44. The monoisotopic (exact) mass is 280 g/mol. The summed E-state index contributed by atoms with van der Waals surface area (Å²) in [5.74, 6) is 0.860. The average Bonchev–Trinajstić information content (AvgIpc) is 2.88. The minimum absolute atomic E-state index is 0.0397. The van der Waals surface area contributed by atoms with Crippen LogP contribution < -0.4 is 4.74 Å². The fourth-order valence-corrected chi connectivity index (χ4v) is 2.44. The second-order valence-electron chi connectivity index (χ2n) is 5.19. The smallest absolute Gasteiger partial charge is 0.273 e. The quantitative estimate of drug-likeness (QED) is 0.633. The maximum atomic E-state index is 10.7. The third-order valence-electron chi connectivity index (χ3n) is 3.70. The highest BCUT2D eigenvalue weighted by molar-refractivity contribution is 5.37. The first-order chi connectivity index (χ1) is 9.56. The van der Waals surface area contributed by atoms with E-state index in [-0.39, 0.29) is 11.8 Å². The molecule has 6 heteroatoms. The van der Waals surface area contributed by atoms with E-state index in [0.29, 0.717) is 18.3 Å². The number of likely N-dealkylation sites (tertiary alicyclic amines) is 1. The van der Waals surface area contributed by atoms with Gasteiger partial charge in [-0.3, -0.25) is 15.0 Å². The Labute approximate surface area is 118 Å². The van der Waals surface area contributed by atoms with E-state index < -0.39 is 4.92 Å². The third-order valence-corrected chi connectivity index (χ3v) is 3.70. The minimum atomic E-state index is -0.430. The molecule has 0 amide bonds. The summed E-state index contributed by atoms with van der Waals surface area (Å²) in [5.41, 5.74) is 0.0397. The van der Waals surface area contributed by atoms with Gasteiger partial charge in [0, 0.05) is 19.2 Å². The highest BCUT2D eigenvalue weighted by Gasteiger charge is 2.25. The van der Waals surface area contributed by atoms with E-state index in [2.05, 4.69) is 4.90 Å². The number of hydrogen-bond acceptors (Lipinski definition) is 5. The van der Waals surface area contributed by atoms with Gasteiger partial charge in [-0.1, -0.05) is 6.07 Å². The van der Waals surface area contributed by atoms with Crippen LogP contribution in [0.3, 0.4) is 0 Å². The van der Waals surface area contributed by atoms with Crippen LogP contribution in [0.5, 0.6) is 5.75 Å². The van der Waals surface area contributed by atoms with Crippen LogP contribution >= 0.6 is 0 Å². The lowest BCUT2D eigenvalue weighted by atomic mass is 10.0. The van der Waals surface area contributed by atoms with Gasteiger partial charge in [-0.15, -0.1) is 0 Å². The summed E-state index contributed by atoms with van der Waals surface area (Å²) < 4.78 is 5.55. The first-order valence-corrected chi connectivity index (χ1v) is 6.84. The maximum Gasteiger partial charge on any atom is 0.273 e. The van der Waals surface area contributed by atoms with Gasteiger partial charge in [0.25, 0.3) is 5.69 Å². The first-order valence-electron chi connectivity index (χ1n) is 6.84. The van der Waals surface area contributed by atoms with Crippen molar-refractivity contribution in [2.75, 3.05) is 26.2 Å². The summed E-state index contributed by atoms with van der Waals surface area (Å²) in [6, 6.07) is 6.21. The van der Waals surface area contributed by atoms with Gasteiger partial charge in [0.1, 0.15) is 12.4 Å². The van der Waals surface area contributed by atoms with Crippen molar-refractivity contribution in [3.8, 4) is 5.75 Å². The van der Waals surface area contributed by atoms with Gasteiger partial charge in [-0.2, -0.15) is 0 Å². The fraction of sp³-hybridized carbons (Fsp3) is 0.571. The topological polar surface area (TPSA) is 75.8 Å². The molecule has 6 nitrogen and oxygen atoms in total. The van der Waals surface area contributed by atoms with Crippen LogP contribution in [0.1, 0.15) is 13.3 Å². The molecule has 2 atom stereocenters. The lowest BCUT2D eigenvalue weighted by Crippen LogP contribution is -2.28. The molecule has 2 rings (SSSR count). The number of nitro benzene ring substituents is 1. The molecule has 1 saturated heterocycles. The second kappa shape index (κ2) is 6.67. The number of hydrogen-bond donors (Lipinski definition) is 1. The van der Waals surface area contributed by atoms with Crippen molar-refractivity contribution < 1.29 is 14.8 Å². The summed E-state index contributed by atoms with van der Waals surface area (Å²) in [4.78, 5) is 12.5. The van der Waals surface area contributed by atoms with E-state index >= 15 is 0 Å². The molecule has 20 heavy (non-hydrogen) atoms. The van der Waals surface area contributed by atoms with Crippen LogP contribution in [0.15, 0.2) is 24.3 Å². The number of benzene rings is 1. The second-order valence-corrected chi connectivity index (χ2v) is 5.19. The van der Waals surface area contributed by atoms with Gasteiger partial charge in [-0.05, 0) is 31.9 Å². The Hall–Kier alpha value is -1.66. The molecule has 1 aliphatic heterocycles. The number of ether oxygens (including phenoxy) is 1. The molecule has 2 unspecified atom stereocenters. The Morgan fingerprint density at radius 2 is 2.40 bits per heavy atom. The SMILES string of the molecule is CC(O)C1CCN(CCOc2cccc([N+](=O)[O-])c2)C1. The Balaban J connectivity index is 1.76. The molecule has 0 radical (unpaired) electrons. The lowest BCUT2D eigenvalue weighted by Gasteiger charge is -2.17. The van der Waals surface area contributed by atoms with Gasteiger partial charge >= 0.3 is 0 Å². The van der Waals surface area contributed by atoms with Gasteiger partial charge in [0.05, 0.1) is 17.1 Å². The molecule has 1 N–H and O–H groups in total. The molecule has 0 aromatic heterocycles. The van der Waals surface area contributed by atoms with E-state index in [1.54, 1.807) is 12.1 Å². The largest absolute Gasteiger partial charge is 0.492 e. The van der Waals surface area contributed by atoms with Crippen LogP contribution in [-0.2, 0) is 0 Å². The van der Waals surface area contributed by atoms with Crippen molar-refractivity contribution in [1.29, 1.82) is 0 Å². The molecule has 1 fully saturated rings. The van der Waals surface area contributed by atoms with Crippen molar-refractivity contribution >= 4 is 5.69 Å². The van der Waals surface area contributed by atoms with Crippen molar-refractivity contribution in [2.45, 2.75) is 19.4 Å². The minimum Gasteiger partial charge on any atom is -0.492 e. The van der Waals surface area contributed by atoms with Gasteiger partial charge in [0.2, 0.25) is 0 Å². The van der Waals surface area contributed by atoms with Gasteiger partial charge in [-0.25, -0.2) is 0 Å². The van der Waals surface area contributed by atoms with Gasteiger partial charge in [0.15, 0.2) is 0 Å². The Morgan fingerprint density at radius 3 is 3.05 bits per heavy atom. The zero-order chi connectivity index (χ0) is 14.5. The van der Waals surface area contributed by atoms with Crippen LogP contribution in [0.25, 0.3) is 0 Å². The maximum absolute atomic E-state index is 10.7. The molecular formula is C14H20N2O4. The molecule has 0 saturated carbocycles. The predicted octanol–water partition coefficient (Wildman–Crippen LogP) is 1.68. The molecule has 1 heterocycles. The van der Waals surface area contributed by atoms with Crippen molar-refractivity contribution in [3.05, 3.63) is 34.4 Å². The average molecular weight is 280 g/mol. The number of rotatable bonds is 6. The summed E-state index contributed by atoms with van der Waals surface area (Å²) in [6.45, 7) is 4.94. The third kappa shape index (κ3) is 3.91. The number of aliphatic hydroxyl groups is 1. The Morgan fingerprint density at radius 1 is 1.60 bits per heavy atom. The van der Waals surface area contributed by atoms with Crippen molar-refractivity contribution in [1.82, 2.24) is 4.90 Å². The zero-order valence-electron chi connectivity index (χ0n) is 11.6. The number of nitrogens with zero attached hydrogens (tertiary/aromatic N) is 2. The molecule has 1 aromatic carbocycles. The Kier molecular flexibility index (Phi) is 4.92. The van der Waals surface area contributed by atoms with E-state index in [1.165, 1.54) is 12.1 Å². The summed E-state index contributed by atoms with van der Waals surface area (Å²) in [5, 5.41) is 20.2. The standard InChI is InChI=1S/C14H20N2O4/c1-11(17)12-5-6-15(10-12)7-8-20-14-4-2-3-13(9-14)16(18)19/h2-4,9,11-12,17H,5-8,10H2,1H3. The number of non-ortho nitro benzene ring substituents is 1. The predicted molar refractivity (Wildman–Crippen MR) is 74.8 cm³/mol. The summed E-state index contributed by atoms with van der Waals surface area (Å²) in [7, 11) is 0. The number of nitro groups is 1. The molecule has 1 aromatic rings.